The summed E-state index contributed by atoms with van der Waals surface area (Å²) in [5, 5.41) is 5.74. The van der Waals surface area contributed by atoms with E-state index in [-0.39, 0.29) is 17.7 Å². The predicted molar refractivity (Wildman–Crippen MR) is 63.3 cm³/mol. The van der Waals surface area contributed by atoms with Crippen molar-refractivity contribution in [1.29, 1.82) is 0 Å². The fraction of sp³-hybridized carbons (Fsp3) is 0.818. The maximum atomic E-state index is 11.4. The molecule has 6 nitrogen and oxygen atoms in total. The normalized spacial score (nSPS) is 24.4. The Hall–Kier alpha value is -1.30. The van der Waals surface area contributed by atoms with E-state index in [1.54, 1.807) is 20.8 Å². The highest BCUT2D eigenvalue weighted by Gasteiger charge is 2.31. The Morgan fingerprint density at radius 3 is 2.59 bits per heavy atom. The number of amides is 2. The van der Waals surface area contributed by atoms with Crippen LogP contribution in [0.15, 0.2) is 0 Å². The minimum Gasteiger partial charge on any atom is -0.444 e. The maximum Gasteiger partial charge on any atom is 0.407 e. The van der Waals surface area contributed by atoms with Crippen LogP contribution in [0.5, 0.6) is 0 Å². The Morgan fingerprint density at radius 1 is 1.41 bits per heavy atom. The first-order valence-corrected chi connectivity index (χ1v) is 5.76. The summed E-state index contributed by atoms with van der Waals surface area (Å²) in [5.41, 5.74) is 4.76. The van der Waals surface area contributed by atoms with Crippen LogP contribution < -0.4 is 16.4 Å². The molecule has 1 fully saturated rings. The van der Waals surface area contributed by atoms with Crippen molar-refractivity contribution in [3.63, 3.8) is 0 Å². The van der Waals surface area contributed by atoms with Gasteiger partial charge in [-0.25, -0.2) is 4.79 Å². The Bertz CT molecular complexity index is 299. The van der Waals surface area contributed by atoms with Gasteiger partial charge < -0.3 is 21.1 Å². The molecule has 0 radical (unpaired) electrons. The third kappa shape index (κ3) is 4.60. The molecule has 98 valence electrons. The highest BCUT2D eigenvalue weighted by Crippen LogP contribution is 2.15. The van der Waals surface area contributed by atoms with Crippen LogP contribution >= 0.6 is 0 Å². The molecular formula is C11H21N3O3. The van der Waals surface area contributed by atoms with E-state index >= 15 is 0 Å². The summed E-state index contributed by atoms with van der Waals surface area (Å²) in [6.07, 6.45) is -0.465. The number of hydrogen-bond acceptors (Lipinski definition) is 4. The summed E-state index contributed by atoms with van der Waals surface area (Å²) in [4.78, 5) is 22.5. The van der Waals surface area contributed by atoms with Gasteiger partial charge in [-0.2, -0.15) is 0 Å². The summed E-state index contributed by atoms with van der Waals surface area (Å²) >= 11 is 0. The predicted octanol–water partition coefficient (Wildman–Crippen LogP) is -0.168. The molecule has 0 unspecified atom stereocenters. The number of nitrogens with two attached hydrogens (primary N) is 1. The third-order valence-electron chi connectivity index (χ3n) is 2.61. The van der Waals surface area contributed by atoms with Gasteiger partial charge in [-0.1, -0.05) is 0 Å². The Balaban J connectivity index is 2.35. The summed E-state index contributed by atoms with van der Waals surface area (Å²) in [6, 6.07) is 0. The molecule has 6 heteroatoms. The smallest absolute Gasteiger partial charge is 0.407 e. The van der Waals surface area contributed by atoms with Crippen LogP contribution in [0.3, 0.4) is 0 Å². The van der Waals surface area contributed by atoms with Crippen molar-refractivity contribution in [2.75, 3.05) is 19.6 Å². The molecule has 1 rings (SSSR count). The molecule has 1 heterocycles. The van der Waals surface area contributed by atoms with Gasteiger partial charge in [-0.05, 0) is 20.8 Å². The van der Waals surface area contributed by atoms with Crippen LogP contribution in [-0.4, -0.2) is 37.2 Å². The Kier molecular flexibility index (Phi) is 4.34. The molecule has 4 N–H and O–H groups in total. The zero-order chi connectivity index (χ0) is 13.1. The lowest BCUT2D eigenvalue weighted by atomic mass is 9.95. The van der Waals surface area contributed by atoms with Crippen LogP contribution in [0.4, 0.5) is 4.79 Å². The van der Waals surface area contributed by atoms with E-state index in [1.165, 1.54) is 0 Å². The second-order valence-corrected chi connectivity index (χ2v) is 5.31. The molecule has 1 aliphatic heterocycles. The van der Waals surface area contributed by atoms with Gasteiger partial charge in [-0.3, -0.25) is 4.79 Å². The molecule has 0 aliphatic carbocycles. The molecule has 0 spiro atoms. The van der Waals surface area contributed by atoms with Crippen molar-refractivity contribution in [3.8, 4) is 0 Å². The van der Waals surface area contributed by atoms with Crippen molar-refractivity contribution in [2.45, 2.75) is 26.4 Å². The van der Waals surface area contributed by atoms with E-state index in [4.69, 9.17) is 10.5 Å². The molecule has 1 saturated heterocycles. The first-order valence-electron chi connectivity index (χ1n) is 5.76. The van der Waals surface area contributed by atoms with Crippen LogP contribution in [0.25, 0.3) is 0 Å². The summed E-state index contributed by atoms with van der Waals surface area (Å²) in [7, 11) is 0. The molecule has 0 saturated carbocycles. The van der Waals surface area contributed by atoms with Crippen LogP contribution in [-0.2, 0) is 9.53 Å². The Labute approximate surface area is 101 Å². The SMILES string of the molecule is CC(C)(C)OC(=O)NC[C@@H]1CNC[C@@H]1C(N)=O. The molecule has 2 amide bonds. The van der Waals surface area contributed by atoms with Crippen LogP contribution in [0.2, 0.25) is 0 Å². The van der Waals surface area contributed by atoms with Crippen molar-refractivity contribution >= 4 is 12.0 Å². The Morgan fingerprint density at radius 2 is 2.06 bits per heavy atom. The zero-order valence-corrected chi connectivity index (χ0v) is 10.6. The van der Waals surface area contributed by atoms with E-state index in [0.29, 0.717) is 19.6 Å². The second-order valence-electron chi connectivity index (χ2n) is 5.31. The zero-order valence-electron chi connectivity index (χ0n) is 10.6. The monoisotopic (exact) mass is 243 g/mol. The standard InChI is InChI=1S/C11H21N3O3/c1-11(2,3)17-10(16)14-5-7-4-13-6-8(7)9(12)15/h7-8,13H,4-6H2,1-3H3,(H2,12,15)(H,14,16)/t7-,8-/m0/s1. The number of alkyl carbamates (subject to hydrolysis) is 1. The lowest BCUT2D eigenvalue weighted by molar-refractivity contribution is -0.122. The molecule has 2 atom stereocenters. The van der Waals surface area contributed by atoms with Gasteiger partial charge in [0.05, 0.1) is 5.92 Å². The van der Waals surface area contributed by atoms with Crippen LogP contribution in [0.1, 0.15) is 20.8 Å². The number of ether oxygens (including phenoxy) is 1. The third-order valence-corrected chi connectivity index (χ3v) is 2.61. The highest BCUT2D eigenvalue weighted by molar-refractivity contribution is 5.77. The van der Waals surface area contributed by atoms with Crippen molar-refractivity contribution in [3.05, 3.63) is 0 Å². The minimum atomic E-state index is -0.513. The van der Waals surface area contributed by atoms with E-state index in [1.807, 2.05) is 0 Å². The van der Waals surface area contributed by atoms with Gasteiger partial charge in [0.1, 0.15) is 5.60 Å². The maximum absolute atomic E-state index is 11.4. The molecular weight excluding hydrogens is 222 g/mol. The van der Waals surface area contributed by atoms with Gasteiger partial charge in [0.25, 0.3) is 0 Å². The average molecular weight is 243 g/mol. The number of nitrogens with one attached hydrogen (secondary N) is 2. The van der Waals surface area contributed by atoms with E-state index in [0.717, 1.165) is 0 Å². The summed E-state index contributed by atoms with van der Waals surface area (Å²) in [5.74, 6) is -0.504. The lowest BCUT2D eigenvalue weighted by Crippen LogP contribution is -2.39. The number of primary amides is 1. The molecule has 0 aromatic heterocycles. The fourth-order valence-electron chi connectivity index (χ4n) is 1.81. The fourth-order valence-corrected chi connectivity index (χ4v) is 1.81. The molecule has 17 heavy (non-hydrogen) atoms. The van der Waals surface area contributed by atoms with Gasteiger partial charge >= 0.3 is 6.09 Å². The number of hydrogen-bond donors (Lipinski definition) is 3. The lowest BCUT2D eigenvalue weighted by Gasteiger charge is -2.21. The van der Waals surface area contributed by atoms with Gasteiger partial charge in [0, 0.05) is 25.6 Å². The van der Waals surface area contributed by atoms with Gasteiger partial charge in [0.15, 0.2) is 0 Å². The summed E-state index contributed by atoms with van der Waals surface area (Å²) in [6.45, 7) is 7.07. The average Bonchev–Trinajstić information content (AvgIpc) is 2.59. The molecule has 1 aliphatic rings. The molecule has 0 aromatic carbocycles. The summed E-state index contributed by atoms with van der Waals surface area (Å²) < 4.78 is 5.11. The van der Waals surface area contributed by atoms with Crippen molar-refractivity contribution in [2.24, 2.45) is 17.6 Å². The number of carbonyl (C=O) groups excluding carboxylic acids is 2. The van der Waals surface area contributed by atoms with E-state index < -0.39 is 11.7 Å². The molecule has 0 bridgehead atoms. The van der Waals surface area contributed by atoms with Crippen molar-refractivity contribution < 1.29 is 14.3 Å². The van der Waals surface area contributed by atoms with Gasteiger partial charge in [0.2, 0.25) is 5.91 Å². The quantitative estimate of drug-likeness (QED) is 0.641. The highest BCUT2D eigenvalue weighted by atomic mass is 16.6. The number of rotatable bonds is 3. The largest absolute Gasteiger partial charge is 0.444 e. The van der Waals surface area contributed by atoms with Crippen LogP contribution in [0, 0.1) is 11.8 Å². The topological polar surface area (TPSA) is 93.4 Å². The number of carbonyl (C=O) groups is 2. The second kappa shape index (κ2) is 5.35. The van der Waals surface area contributed by atoms with Crippen molar-refractivity contribution in [1.82, 2.24) is 10.6 Å². The first-order chi connectivity index (χ1) is 7.79. The molecule has 0 aromatic rings. The first kappa shape index (κ1) is 13.8. The van der Waals surface area contributed by atoms with E-state index in [2.05, 4.69) is 10.6 Å². The van der Waals surface area contributed by atoms with E-state index in [9.17, 15) is 9.59 Å². The minimum absolute atomic E-state index is 0.0417. The van der Waals surface area contributed by atoms with Gasteiger partial charge in [-0.15, -0.1) is 0 Å².